The largest absolute Gasteiger partial charge is 0.394 e. The van der Waals surface area contributed by atoms with Gasteiger partial charge in [0, 0.05) is 105 Å². The minimum absolute atomic E-state index is 0.00892. The van der Waals surface area contributed by atoms with Crippen LogP contribution in [0, 0.1) is 5.92 Å². The van der Waals surface area contributed by atoms with Crippen molar-refractivity contribution >= 4 is 123 Å². The summed E-state index contributed by atoms with van der Waals surface area (Å²) in [7, 11) is 0. The van der Waals surface area contributed by atoms with Gasteiger partial charge in [-0.05, 0) is 151 Å². The number of likely N-dealkylation sites (tertiary alicyclic amines) is 1. The van der Waals surface area contributed by atoms with Gasteiger partial charge in [0.05, 0.1) is 30.6 Å². The van der Waals surface area contributed by atoms with E-state index in [9.17, 15) is 38.7 Å². The third kappa shape index (κ3) is 29.6. The number of amides is 13. The number of halogens is 1. The lowest BCUT2D eigenvalue weighted by Crippen LogP contribution is -2.62. The predicted octanol–water partition coefficient (Wildman–Crippen LogP) is 4.24. The van der Waals surface area contributed by atoms with Crippen LogP contribution >= 0.6 is 11.6 Å². The predicted molar refractivity (Wildman–Crippen MR) is 460 cm³/mol. The van der Waals surface area contributed by atoms with Gasteiger partial charge in [0.2, 0.25) is 76.8 Å². The molecule has 5 aromatic carbocycles. The van der Waals surface area contributed by atoms with Crippen molar-refractivity contribution in [2.75, 3.05) is 30.3 Å². The van der Waals surface area contributed by atoms with E-state index in [1.807, 2.05) is 56.3 Å². The number of rotatable bonds is 44. The topological polar surface area (TPSA) is 486 Å². The van der Waals surface area contributed by atoms with Gasteiger partial charge in [0.25, 0.3) is 0 Å². The highest BCUT2D eigenvalue weighted by Gasteiger charge is 2.41. The summed E-state index contributed by atoms with van der Waals surface area (Å²) < 4.78 is 0. The van der Waals surface area contributed by atoms with E-state index < -0.39 is 144 Å². The molecule has 17 N–H and O–H groups in total. The fourth-order valence-electron chi connectivity index (χ4n) is 13.6. The van der Waals surface area contributed by atoms with Crippen molar-refractivity contribution in [3.05, 3.63) is 221 Å². The maximum atomic E-state index is 15.6. The van der Waals surface area contributed by atoms with E-state index in [1.54, 1.807) is 99.0 Å². The molecular formula is C88H106ClN19O14. The number of fused-ring (bicyclic) bond motifs is 1. The number of nitrogens with two attached hydrogens (primary N) is 1. The molecule has 1 aliphatic rings. The van der Waals surface area contributed by atoms with E-state index >= 15 is 28.8 Å². The van der Waals surface area contributed by atoms with Gasteiger partial charge >= 0.3 is 0 Å². The number of primary amides is 1. The standard InChI is InChI=1S/C88H106ClN19O14/c1-52(2)39-69(80(114)101-68(16-9-10-37-94-53(3)4)88(122)108-38-12-17-76(108)87(121)97-54(5)79(90)113)102-82(116)72(42-57-21-28-64(29-22-57)99-77(111)34-32-66-47-92-50-95-66)104-84(118)73(43-58-23-30-65(31-24-58)100-78(112)35-33-67-48-93-51-96-67)106-86(120)75(49-109)107-85(119)74(45-60-13-11-36-91-46-60)105-83(117)71(41-56-19-26-63(89)27-20-56)103-81(115)70(98-55(6)110)44-59-18-25-61-14-7-8-15-62(61)40-59/h7-8,11,13-15,18-36,40,46-48,50-54,68-76,94,109H,9-10,12,16-17,37-39,41-45,49H2,1-6H3,(H2,90,113)(H,92,95)(H,93,96)(H,97,121)(H,98,110)(H,99,111)(H,100,112)(H,101,114)(H,102,116)(H,103,115)(H,104,118)(H,105,117)(H,106,120)(H,107,119)/b34-32+,35-33+/t54-,68+,69+,70-,71-,72-,73+,74-,75+,76+/m1/s1. The molecule has 3 aromatic heterocycles. The number of nitrogens with one attached hydrogen (secondary N) is 14. The van der Waals surface area contributed by atoms with Crippen LogP contribution < -0.4 is 69.5 Å². The Labute approximate surface area is 711 Å². The molecule has 8 aromatic rings. The van der Waals surface area contributed by atoms with E-state index in [4.69, 9.17) is 17.3 Å². The Hall–Kier alpha value is -13.3. The highest BCUT2D eigenvalue weighted by atomic mass is 35.5. The number of anilines is 2. The molecule has 4 heterocycles. The molecule has 10 atom stereocenters. The summed E-state index contributed by atoms with van der Waals surface area (Å²) in [4.78, 5) is 205. The number of carbonyl (C=O) groups is 13. The first-order valence-corrected chi connectivity index (χ1v) is 40.8. The highest BCUT2D eigenvalue weighted by molar-refractivity contribution is 6.30. The third-order valence-corrected chi connectivity index (χ3v) is 20.3. The van der Waals surface area contributed by atoms with E-state index in [0.29, 0.717) is 81.4 Å². The van der Waals surface area contributed by atoms with Crippen molar-refractivity contribution in [3.8, 4) is 0 Å². The number of imidazole rings is 2. The van der Waals surface area contributed by atoms with Crippen LogP contribution in [0.2, 0.25) is 5.02 Å². The van der Waals surface area contributed by atoms with Crippen LogP contribution in [0.15, 0.2) is 177 Å². The molecule has 1 aliphatic heterocycles. The molecule has 644 valence electrons. The fraction of sp³-hybridized carbons (Fsp3) is 0.364. The molecule has 13 amide bonds. The number of unbranched alkanes of at least 4 members (excludes halogenated alkanes) is 1. The molecule has 122 heavy (non-hydrogen) atoms. The number of H-pyrrole nitrogens is 2. The molecule has 0 spiro atoms. The highest BCUT2D eigenvalue weighted by Crippen LogP contribution is 2.24. The van der Waals surface area contributed by atoms with E-state index in [0.717, 1.165) is 10.8 Å². The van der Waals surface area contributed by atoms with Gasteiger partial charge in [-0.2, -0.15) is 0 Å². The number of aromatic nitrogens is 5. The van der Waals surface area contributed by atoms with Crippen LogP contribution in [0.3, 0.4) is 0 Å². The zero-order valence-corrected chi connectivity index (χ0v) is 69.5. The summed E-state index contributed by atoms with van der Waals surface area (Å²) >= 11 is 6.29. The number of aromatic amines is 2. The van der Waals surface area contributed by atoms with Crippen molar-refractivity contribution in [1.82, 2.24) is 83.0 Å². The second kappa shape index (κ2) is 46.3. The molecule has 0 radical (unpaired) electrons. The van der Waals surface area contributed by atoms with E-state index in [-0.39, 0.29) is 69.9 Å². The number of aliphatic hydroxyl groups is 1. The summed E-state index contributed by atoms with van der Waals surface area (Å²) in [5.74, 6) is -10.3. The van der Waals surface area contributed by atoms with Crippen LogP contribution in [0.5, 0.6) is 0 Å². The molecule has 1 saturated heterocycles. The van der Waals surface area contributed by atoms with Crippen molar-refractivity contribution in [2.45, 2.75) is 179 Å². The summed E-state index contributed by atoms with van der Waals surface area (Å²) in [5.41, 5.74) is 9.55. The Morgan fingerprint density at radius 3 is 1.46 bits per heavy atom. The van der Waals surface area contributed by atoms with Gasteiger partial charge in [-0.3, -0.25) is 67.3 Å². The van der Waals surface area contributed by atoms with Crippen molar-refractivity contribution < 1.29 is 67.4 Å². The Morgan fingerprint density at radius 1 is 0.525 bits per heavy atom. The maximum absolute atomic E-state index is 15.6. The average molecular weight is 1690 g/mol. The molecule has 0 bridgehead atoms. The van der Waals surface area contributed by atoms with Crippen molar-refractivity contribution in [2.24, 2.45) is 11.7 Å². The normalized spacial score (nSPS) is 14.8. The lowest BCUT2D eigenvalue weighted by atomic mass is 9.99. The second-order valence-corrected chi connectivity index (χ2v) is 31.1. The van der Waals surface area contributed by atoms with Crippen LogP contribution in [-0.2, 0) is 94.4 Å². The van der Waals surface area contributed by atoms with Gasteiger partial charge in [0.1, 0.15) is 60.4 Å². The Kier molecular flexibility index (Phi) is 35.2. The number of carbonyl (C=O) groups excluding carboxylic acids is 13. The third-order valence-electron chi connectivity index (χ3n) is 20.0. The Bertz CT molecular complexity index is 4960. The van der Waals surface area contributed by atoms with E-state index in [2.05, 4.69) is 88.7 Å². The molecule has 1 fully saturated rings. The van der Waals surface area contributed by atoms with Crippen LogP contribution in [-0.4, -0.2) is 198 Å². The number of benzene rings is 5. The zero-order chi connectivity index (χ0) is 87.8. The van der Waals surface area contributed by atoms with Crippen molar-refractivity contribution in [3.63, 3.8) is 0 Å². The van der Waals surface area contributed by atoms with Gasteiger partial charge in [-0.25, -0.2) is 9.97 Å². The number of pyridine rings is 1. The number of nitrogens with zero attached hydrogens (tertiary/aromatic N) is 4. The van der Waals surface area contributed by atoms with Gasteiger partial charge in [-0.1, -0.05) is 124 Å². The smallest absolute Gasteiger partial charge is 0.248 e. The molecule has 9 rings (SSSR count). The number of hydrogen-bond acceptors (Lipinski definition) is 18. The first-order chi connectivity index (χ1) is 58.5. The summed E-state index contributed by atoms with van der Waals surface area (Å²) in [6.07, 6.45) is 15.3. The maximum Gasteiger partial charge on any atom is 0.248 e. The fourth-order valence-corrected chi connectivity index (χ4v) is 13.8. The van der Waals surface area contributed by atoms with Crippen LogP contribution in [0.4, 0.5) is 11.4 Å². The van der Waals surface area contributed by atoms with Crippen LogP contribution in [0.25, 0.3) is 22.9 Å². The lowest BCUT2D eigenvalue weighted by Gasteiger charge is -2.31. The summed E-state index contributed by atoms with van der Waals surface area (Å²) in [6.45, 7) is 9.89. The lowest BCUT2D eigenvalue weighted by molar-refractivity contribution is -0.142. The molecule has 0 aliphatic carbocycles. The summed E-state index contributed by atoms with van der Waals surface area (Å²) in [5, 5.41) is 46.9. The molecule has 0 unspecified atom stereocenters. The van der Waals surface area contributed by atoms with Gasteiger partial charge in [-0.15, -0.1) is 0 Å². The van der Waals surface area contributed by atoms with Gasteiger partial charge < -0.3 is 89.5 Å². The zero-order valence-electron chi connectivity index (χ0n) is 68.7. The molecule has 33 nitrogen and oxygen atoms in total. The van der Waals surface area contributed by atoms with E-state index in [1.165, 1.54) is 80.2 Å². The Morgan fingerprint density at radius 2 is 0.984 bits per heavy atom. The quantitative estimate of drug-likeness (QED) is 0.0188. The number of aliphatic hydroxyl groups excluding tert-OH is 1. The second-order valence-electron chi connectivity index (χ2n) is 30.6. The SMILES string of the molecule is CC(=O)N[C@H](Cc1ccc2ccccc2c1)C(=O)N[C@H](Cc1ccc(Cl)cc1)C(=O)N[C@H](Cc1cccnc1)C(=O)N[C@@H](CO)C(=O)N[C@@H](Cc1ccc(NC(=O)/C=C/c2c[nH]cn2)cc1)C(=O)N[C@H](Cc1ccc(NC(=O)/C=C/c2c[nH]cn2)cc1)C(=O)N[C@@H](CC(C)C)C(=O)N[C@@H](CCCCNC(C)C)C(=O)N1CCC[C@H]1C(=O)N[C@H](C)C(N)=O. The molecule has 34 heteroatoms. The molecular weight excluding hydrogens is 1580 g/mol. The first kappa shape index (κ1) is 92.6. The first-order valence-electron chi connectivity index (χ1n) is 40.4. The number of hydrogen-bond donors (Lipinski definition) is 16. The minimum atomic E-state index is -1.89. The van der Waals surface area contributed by atoms with Crippen molar-refractivity contribution in [1.29, 1.82) is 0 Å². The Balaban J connectivity index is 1.02. The average Bonchev–Trinajstić information content (AvgIpc) is 1.77. The van der Waals surface area contributed by atoms with Gasteiger partial charge in [0.15, 0.2) is 0 Å². The van der Waals surface area contributed by atoms with Crippen LogP contribution in [0.1, 0.15) is 119 Å². The summed E-state index contributed by atoms with van der Waals surface area (Å²) in [6, 6.07) is 21.4. The minimum Gasteiger partial charge on any atom is -0.394 e. The monoisotopic (exact) mass is 1690 g/mol. The molecule has 0 saturated carbocycles.